The van der Waals surface area contributed by atoms with Crippen molar-refractivity contribution in [2.24, 2.45) is 0 Å². The fourth-order valence-electron chi connectivity index (χ4n) is 3.14. The van der Waals surface area contributed by atoms with Crippen LogP contribution in [0.1, 0.15) is 48.4 Å². The molecule has 168 valence electrons. The highest BCUT2D eigenvalue weighted by Crippen LogP contribution is 2.35. The van der Waals surface area contributed by atoms with Crippen molar-refractivity contribution in [3.8, 4) is 5.75 Å². The number of fused-ring (bicyclic) bond motifs is 1. The van der Waals surface area contributed by atoms with E-state index in [-0.39, 0.29) is 11.3 Å². The van der Waals surface area contributed by atoms with Gasteiger partial charge in [0.25, 0.3) is 5.91 Å². The van der Waals surface area contributed by atoms with Gasteiger partial charge in [-0.05, 0) is 49.9 Å². The molecule has 5 nitrogen and oxygen atoms in total. The Morgan fingerprint density at radius 2 is 1.59 bits per heavy atom. The molecule has 0 spiro atoms. The van der Waals surface area contributed by atoms with Crippen LogP contribution in [0.15, 0.2) is 60.7 Å². The average Bonchev–Trinajstić information content (AvgIpc) is 2.73. The normalized spacial score (nSPS) is 12.9. The molecule has 3 aromatic rings. The van der Waals surface area contributed by atoms with Crippen molar-refractivity contribution in [2.75, 3.05) is 0 Å². The molecule has 0 heterocycles. The van der Waals surface area contributed by atoms with Crippen LogP contribution in [-0.2, 0) is 11.0 Å². The van der Waals surface area contributed by atoms with Crippen LogP contribution in [0.3, 0.4) is 0 Å². The Morgan fingerprint density at radius 1 is 0.969 bits per heavy atom. The van der Waals surface area contributed by atoms with E-state index in [0.717, 1.165) is 17.5 Å². The lowest BCUT2D eigenvalue weighted by Gasteiger charge is -2.24. The summed E-state index contributed by atoms with van der Waals surface area (Å²) in [4.78, 5) is 24.3. The Hall–Kier alpha value is -3.55. The molecule has 0 aliphatic heterocycles. The topological polar surface area (TPSA) is 75.6 Å². The molecule has 1 atom stereocenters. The molecule has 3 aromatic carbocycles. The summed E-state index contributed by atoms with van der Waals surface area (Å²) in [5.41, 5.74) is -1.67. The average molecular weight is 445 g/mol. The van der Waals surface area contributed by atoms with Crippen LogP contribution in [0, 0.1) is 0 Å². The lowest BCUT2D eigenvalue weighted by atomic mass is 10.0. The van der Waals surface area contributed by atoms with Gasteiger partial charge in [0.2, 0.25) is 0 Å². The standard InChI is InChI=1S/C24H22F3NO4/c1-14(15-8-11-17(12-9-15)24(25,26)27)32-20-18-7-5-4-6-16(18)10-13-19(20)21(29)28-23(2,3)22(30)31/h4-14H,1-3H3,(H,28,29)(H,30,31). The molecule has 0 aliphatic carbocycles. The van der Waals surface area contributed by atoms with Gasteiger partial charge < -0.3 is 15.2 Å². The molecule has 8 heteroatoms. The first kappa shape index (κ1) is 23.1. The lowest BCUT2D eigenvalue weighted by Crippen LogP contribution is -2.49. The predicted octanol–water partition coefficient (Wildman–Crippen LogP) is 5.59. The summed E-state index contributed by atoms with van der Waals surface area (Å²) in [5.74, 6) is -1.63. The largest absolute Gasteiger partial charge is 0.485 e. The summed E-state index contributed by atoms with van der Waals surface area (Å²) in [5, 5.41) is 13.2. The molecule has 0 radical (unpaired) electrons. The summed E-state index contributed by atoms with van der Waals surface area (Å²) < 4.78 is 44.7. The van der Waals surface area contributed by atoms with Crippen molar-refractivity contribution in [3.63, 3.8) is 0 Å². The maximum atomic E-state index is 12.9. The van der Waals surface area contributed by atoms with Crippen molar-refractivity contribution in [1.82, 2.24) is 5.32 Å². The number of ether oxygens (including phenoxy) is 1. The van der Waals surface area contributed by atoms with Gasteiger partial charge in [-0.25, -0.2) is 4.79 Å². The molecule has 3 rings (SSSR count). The highest BCUT2D eigenvalue weighted by atomic mass is 19.4. The Kier molecular flexibility index (Phi) is 6.16. The second-order valence-corrected chi connectivity index (χ2v) is 7.93. The first-order valence-electron chi connectivity index (χ1n) is 9.81. The van der Waals surface area contributed by atoms with Crippen molar-refractivity contribution < 1.29 is 32.6 Å². The van der Waals surface area contributed by atoms with Crippen LogP contribution in [0.2, 0.25) is 0 Å². The van der Waals surface area contributed by atoms with Crippen LogP contribution in [0.25, 0.3) is 10.8 Å². The van der Waals surface area contributed by atoms with Crippen LogP contribution in [0.4, 0.5) is 13.2 Å². The highest BCUT2D eigenvalue weighted by Gasteiger charge is 2.32. The van der Waals surface area contributed by atoms with Crippen molar-refractivity contribution in [1.29, 1.82) is 0 Å². The zero-order chi connectivity index (χ0) is 23.7. The zero-order valence-corrected chi connectivity index (χ0v) is 17.7. The number of hydrogen-bond acceptors (Lipinski definition) is 3. The van der Waals surface area contributed by atoms with E-state index < -0.39 is 35.3 Å². The number of carboxylic acid groups (broad SMARTS) is 1. The number of hydrogen-bond donors (Lipinski definition) is 2. The van der Waals surface area contributed by atoms with E-state index in [1.54, 1.807) is 25.1 Å². The number of carbonyl (C=O) groups excluding carboxylic acids is 1. The minimum Gasteiger partial charge on any atom is -0.485 e. The van der Waals surface area contributed by atoms with Gasteiger partial charge in [0.15, 0.2) is 0 Å². The van der Waals surface area contributed by atoms with E-state index in [1.165, 1.54) is 32.0 Å². The van der Waals surface area contributed by atoms with Gasteiger partial charge in [-0.3, -0.25) is 4.79 Å². The van der Waals surface area contributed by atoms with E-state index in [1.807, 2.05) is 12.1 Å². The maximum absolute atomic E-state index is 12.9. The minimum atomic E-state index is -4.44. The van der Waals surface area contributed by atoms with Gasteiger partial charge in [0.1, 0.15) is 17.4 Å². The molecule has 0 aliphatic rings. The molecule has 32 heavy (non-hydrogen) atoms. The molecule has 1 unspecified atom stereocenters. The number of benzene rings is 3. The van der Waals surface area contributed by atoms with E-state index >= 15 is 0 Å². The third-order valence-corrected chi connectivity index (χ3v) is 5.09. The number of carboxylic acids is 1. The van der Waals surface area contributed by atoms with Gasteiger partial charge in [0.05, 0.1) is 11.1 Å². The number of alkyl halides is 3. The molecule has 0 aromatic heterocycles. The first-order chi connectivity index (χ1) is 14.9. The first-order valence-corrected chi connectivity index (χ1v) is 9.81. The molecular formula is C24H22F3NO4. The SMILES string of the molecule is CC(Oc1c(C(=O)NC(C)(C)C(=O)O)ccc2ccccc12)c1ccc(C(F)(F)F)cc1. The fraction of sp³-hybridized carbons (Fsp3) is 0.250. The van der Waals surface area contributed by atoms with Gasteiger partial charge >= 0.3 is 12.1 Å². The highest BCUT2D eigenvalue weighted by molar-refractivity contribution is 6.05. The third-order valence-electron chi connectivity index (χ3n) is 5.09. The van der Waals surface area contributed by atoms with Crippen molar-refractivity contribution >= 4 is 22.6 Å². The van der Waals surface area contributed by atoms with Gasteiger partial charge in [-0.2, -0.15) is 13.2 Å². The van der Waals surface area contributed by atoms with E-state index in [0.29, 0.717) is 10.9 Å². The molecular weight excluding hydrogens is 423 g/mol. The fourth-order valence-corrected chi connectivity index (χ4v) is 3.14. The van der Waals surface area contributed by atoms with Crippen LogP contribution in [-0.4, -0.2) is 22.5 Å². The lowest BCUT2D eigenvalue weighted by molar-refractivity contribution is -0.143. The molecule has 1 amide bonds. The van der Waals surface area contributed by atoms with Gasteiger partial charge in [-0.15, -0.1) is 0 Å². The number of nitrogens with one attached hydrogen (secondary N) is 1. The Bertz CT molecular complexity index is 1150. The second-order valence-electron chi connectivity index (χ2n) is 7.93. The number of carbonyl (C=O) groups is 2. The maximum Gasteiger partial charge on any atom is 0.416 e. The number of rotatable bonds is 6. The smallest absolute Gasteiger partial charge is 0.416 e. The minimum absolute atomic E-state index is 0.122. The predicted molar refractivity (Wildman–Crippen MR) is 114 cm³/mol. The molecule has 0 fully saturated rings. The van der Waals surface area contributed by atoms with E-state index in [9.17, 15) is 27.9 Å². The van der Waals surface area contributed by atoms with Crippen molar-refractivity contribution in [2.45, 2.75) is 38.6 Å². The number of aliphatic carboxylic acids is 1. The Balaban J connectivity index is 1.99. The van der Waals surface area contributed by atoms with Crippen LogP contribution < -0.4 is 10.1 Å². The van der Waals surface area contributed by atoms with Gasteiger partial charge in [0, 0.05) is 5.39 Å². The summed E-state index contributed by atoms with van der Waals surface area (Å²) in [6, 6.07) is 15.0. The monoisotopic (exact) mass is 445 g/mol. The van der Waals surface area contributed by atoms with E-state index in [4.69, 9.17) is 4.74 Å². The summed E-state index contributed by atoms with van der Waals surface area (Å²) in [6.45, 7) is 4.38. The Labute approximate surface area is 182 Å². The number of halogens is 3. The van der Waals surface area contributed by atoms with Crippen molar-refractivity contribution in [3.05, 3.63) is 77.4 Å². The van der Waals surface area contributed by atoms with Crippen LogP contribution >= 0.6 is 0 Å². The number of amides is 1. The molecule has 0 saturated carbocycles. The summed E-state index contributed by atoms with van der Waals surface area (Å²) in [7, 11) is 0. The van der Waals surface area contributed by atoms with Gasteiger partial charge in [-0.1, -0.05) is 42.5 Å². The Morgan fingerprint density at radius 3 is 2.19 bits per heavy atom. The van der Waals surface area contributed by atoms with Crippen LogP contribution in [0.5, 0.6) is 5.75 Å². The quantitative estimate of drug-likeness (QED) is 0.519. The molecule has 0 saturated heterocycles. The molecule has 0 bridgehead atoms. The zero-order valence-electron chi connectivity index (χ0n) is 17.7. The second kappa shape index (κ2) is 8.53. The van der Waals surface area contributed by atoms with E-state index in [2.05, 4.69) is 5.32 Å². The third kappa shape index (κ3) is 4.85. The molecule has 2 N–H and O–H groups in total. The summed E-state index contributed by atoms with van der Waals surface area (Å²) in [6.07, 6.45) is -5.12. The summed E-state index contributed by atoms with van der Waals surface area (Å²) >= 11 is 0.